The Morgan fingerprint density at radius 1 is 0.549 bits per heavy atom. The molecule has 0 radical (unpaired) electrons. The van der Waals surface area contributed by atoms with Gasteiger partial charge in [0.15, 0.2) is 31.1 Å². The van der Waals surface area contributed by atoms with Gasteiger partial charge < -0.3 is 89.4 Å². The number of methoxy groups -OCH3 is 1. The third-order valence-electron chi connectivity index (χ3n) is 11.6. The molecular weight excluding hydrogens is 997 g/mol. The van der Waals surface area contributed by atoms with E-state index in [4.69, 9.17) is 37.9 Å². The quantitative estimate of drug-likeness (QED) is 0.0288. The number of thiol groups is 1. The van der Waals surface area contributed by atoms with Crippen molar-refractivity contribution in [2.45, 2.75) is 169 Å². The number of Topliss-reactive ketones (excluding diaryl/α,β-unsaturated/α-hetero) is 1. The Balaban J connectivity index is 1.68. The molecule has 71 heavy (non-hydrogen) atoms. The summed E-state index contributed by atoms with van der Waals surface area (Å²) < 4.78 is 46.3. The summed E-state index contributed by atoms with van der Waals surface area (Å²) in [6.07, 6.45) is -33.5. The predicted octanol–water partition coefficient (Wildman–Crippen LogP) is -8.00. The first-order valence-corrected chi connectivity index (χ1v) is 24.2. The zero-order valence-corrected chi connectivity index (χ0v) is 41.0. The van der Waals surface area contributed by atoms with Gasteiger partial charge in [-0.3, -0.25) is 55.3 Å². The van der Waals surface area contributed by atoms with Crippen LogP contribution in [0.5, 0.6) is 0 Å². The van der Waals surface area contributed by atoms with Gasteiger partial charge in [-0.25, -0.2) is 0 Å². The van der Waals surface area contributed by atoms with E-state index in [2.05, 4.69) is 45.0 Å². The molecule has 4 saturated heterocycles. The molecule has 4 fully saturated rings. The average molecular weight is 1060 g/mol. The van der Waals surface area contributed by atoms with Crippen molar-refractivity contribution in [3.8, 4) is 0 Å². The highest BCUT2D eigenvalue weighted by Gasteiger charge is 2.57. The van der Waals surface area contributed by atoms with Crippen LogP contribution in [-0.2, 0) is 71.5 Å². The second-order valence-electron chi connectivity index (χ2n) is 16.9. The van der Waals surface area contributed by atoms with Crippen LogP contribution in [0.25, 0.3) is 0 Å². The van der Waals surface area contributed by atoms with E-state index in [-0.39, 0.29) is 36.6 Å². The molecule has 0 aromatic rings. The van der Waals surface area contributed by atoms with Crippen molar-refractivity contribution in [2.75, 3.05) is 37.6 Å². The summed E-state index contributed by atoms with van der Waals surface area (Å²) in [7, 11) is 1.08. The summed E-state index contributed by atoms with van der Waals surface area (Å²) in [5.74, 6) is -4.49. The van der Waals surface area contributed by atoms with Gasteiger partial charge in [0.25, 0.3) is 11.8 Å². The van der Waals surface area contributed by atoms with Crippen LogP contribution in [0.15, 0.2) is 0 Å². The van der Waals surface area contributed by atoms with E-state index in [9.17, 15) is 74.4 Å². The Bertz CT molecular complexity index is 1820. The lowest BCUT2D eigenvalue weighted by atomic mass is 9.92. The second-order valence-corrected chi connectivity index (χ2v) is 18.6. The molecule has 29 nitrogen and oxygen atoms in total. The van der Waals surface area contributed by atoms with Crippen molar-refractivity contribution < 1.29 is 112 Å². The molecule has 4 rings (SSSR count). The van der Waals surface area contributed by atoms with Gasteiger partial charge in [-0.2, -0.15) is 24.4 Å². The van der Waals surface area contributed by atoms with Crippen molar-refractivity contribution in [1.29, 1.82) is 0 Å². The van der Waals surface area contributed by atoms with Crippen LogP contribution >= 0.6 is 24.4 Å². The molecule has 0 bridgehead atoms. The van der Waals surface area contributed by atoms with Crippen LogP contribution < -0.4 is 32.3 Å². The number of hydrogen-bond acceptors (Lipinski definition) is 25. The first-order chi connectivity index (χ1) is 33.6. The Morgan fingerprint density at radius 3 is 1.49 bits per heavy atom. The van der Waals surface area contributed by atoms with E-state index in [0.717, 1.165) is 21.0 Å². The highest BCUT2D eigenvalue weighted by atomic mass is 32.2. The summed E-state index contributed by atoms with van der Waals surface area (Å²) in [6.45, 7) is 3.30. The third kappa shape index (κ3) is 16.0. The molecular formula is C40H66N6O23S2. The summed E-state index contributed by atoms with van der Waals surface area (Å²) in [6, 6.07) is -2.98. The van der Waals surface area contributed by atoms with Crippen molar-refractivity contribution in [3.05, 3.63) is 0 Å². The van der Waals surface area contributed by atoms with Gasteiger partial charge in [0.05, 0.1) is 25.4 Å². The van der Waals surface area contributed by atoms with Gasteiger partial charge in [-0.15, -0.1) is 0 Å². The zero-order valence-electron chi connectivity index (χ0n) is 39.3. The number of carbonyl (C=O) groups is 7. The molecule has 4 heterocycles. The van der Waals surface area contributed by atoms with E-state index in [1.165, 1.54) is 25.6 Å². The minimum Gasteiger partial charge on any atom is -0.394 e. The number of aliphatic hydroxyl groups is 8. The number of ether oxygens (including phenoxy) is 8. The molecule has 0 aromatic heterocycles. The Morgan fingerprint density at radius 2 is 1.00 bits per heavy atom. The number of nitrogens with one attached hydrogen (secondary N) is 6. The van der Waals surface area contributed by atoms with Crippen LogP contribution in [0, 0.1) is 0 Å². The van der Waals surface area contributed by atoms with Crippen LogP contribution in [0.2, 0.25) is 0 Å². The summed E-state index contributed by atoms with van der Waals surface area (Å²) in [5, 5.41) is 93.6. The molecule has 31 heteroatoms. The van der Waals surface area contributed by atoms with Crippen molar-refractivity contribution in [1.82, 2.24) is 32.3 Å². The van der Waals surface area contributed by atoms with Gasteiger partial charge >= 0.3 is 0 Å². The van der Waals surface area contributed by atoms with E-state index >= 15 is 0 Å². The van der Waals surface area contributed by atoms with E-state index in [1.807, 2.05) is 0 Å². The van der Waals surface area contributed by atoms with E-state index in [1.54, 1.807) is 0 Å². The van der Waals surface area contributed by atoms with Crippen LogP contribution in [0.3, 0.4) is 0 Å². The number of carbonyl (C=O) groups excluding carboxylic acids is 7. The van der Waals surface area contributed by atoms with Crippen molar-refractivity contribution in [3.63, 3.8) is 0 Å². The van der Waals surface area contributed by atoms with Crippen LogP contribution in [0.4, 0.5) is 0 Å². The number of amides is 6. The van der Waals surface area contributed by atoms with Crippen molar-refractivity contribution in [2.24, 2.45) is 0 Å². The second kappa shape index (κ2) is 28.3. The maximum Gasteiger partial charge on any atom is 0.270 e. The first-order valence-electron chi connectivity index (χ1n) is 22.4. The van der Waals surface area contributed by atoms with Crippen LogP contribution in [0.1, 0.15) is 47.0 Å². The molecule has 8 unspecified atom stereocenters. The maximum absolute atomic E-state index is 14.1. The molecule has 20 atom stereocenters. The molecule has 4 aliphatic heterocycles. The average Bonchev–Trinajstić information content (AvgIpc) is 3.31. The number of ketones is 1. The van der Waals surface area contributed by atoms with E-state index < -0.39 is 171 Å². The fraction of sp³-hybridized carbons (Fsp3) is 0.825. The number of rotatable bonds is 21. The molecule has 4 aliphatic rings. The lowest BCUT2D eigenvalue weighted by molar-refractivity contribution is -0.365. The van der Waals surface area contributed by atoms with Gasteiger partial charge in [-0.1, -0.05) is 0 Å². The summed E-state index contributed by atoms with van der Waals surface area (Å²) >= 11 is 5.24. The molecule has 0 spiro atoms. The molecule has 406 valence electrons. The normalized spacial score (nSPS) is 37.2. The van der Waals surface area contributed by atoms with Gasteiger partial charge in [0.2, 0.25) is 23.6 Å². The summed E-state index contributed by atoms with van der Waals surface area (Å²) in [4.78, 5) is 88.4. The largest absolute Gasteiger partial charge is 0.394 e. The standard InChI is InChI=1S/C40H66N6O23S2/c1-14(49)7-10-71-11-8-21(53)44-46-37(61)35-33(27(57)29(59)40(69-35)65-30-22(41-16(3)50)15(2)63-18(12-47)24(30)54)67-38-23(42-17(4)51)31(25(55)19(13-48)64-38)66-39-28(58)26(56)32(62-5)34(68-39)36(60)45-43-20(52)6-9-70/h15,18-19,22-35,38-40,47-48,54-59,70H,6-13H2,1-5H3,(H,41,50)(H,42,51)(H,43,52)(H,44,53)(H,45,60)(H,46,61)/t15-,18?,19?,22?,23?,24+,25+,26+,27+,28?,29?,30+,31+,32-,33-,34?,35?,38-,39+,40+/m0/s1. The SMILES string of the molecule is CO[C@@H]1C(C(=O)NNC(=O)CCS)O[C@@H](O[C@@H]2C(NC(C)=O)[C@H](O[C@@H]3C(C(=O)NNC(=O)CCSCCC(C)=O)O[C@@H](O[C@@H]4C(NC(C)=O)[C@H](C)OC(CO)[C@H]4O)C(O)[C@H]3O)OC(CO)[C@H]2O)C(O)[C@H]1O. The van der Waals surface area contributed by atoms with E-state index in [0.29, 0.717) is 5.75 Å². The zero-order chi connectivity index (χ0) is 52.9. The van der Waals surface area contributed by atoms with Crippen molar-refractivity contribution >= 4 is 65.6 Å². The monoisotopic (exact) mass is 1060 g/mol. The minimum atomic E-state index is -2.28. The number of aliphatic hydroxyl groups excluding tert-OH is 8. The molecule has 14 N–H and O–H groups in total. The van der Waals surface area contributed by atoms with Crippen LogP contribution in [-0.4, -0.2) is 242 Å². The lowest BCUT2D eigenvalue weighted by Crippen LogP contribution is -2.71. The Hall–Kier alpha value is -3.45. The number of hydrogen-bond donors (Lipinski definition) is 15. The highest BCUT2D eigenvalue weighted by molar-refractivity contribution is 7.99. The Kier molecular flexibility index (Phi) is 23.9. The topological polar surface area (TPSA) is 427 Å². The fourth-order valence-electron chi connectivity index (χ4n) is 7.93. The maximum atomic E-state index is 14.1. The molecule has 6 amide bonds. The number of thioether (sulfide) groups is 1. The van der Waals surface area contributed by atoms with Gasteiger partial charge in [-0.05, 0) is 19.6 Å². The fourth-order valence-corrected chi connectivity index (χ4v) is 9.10. The lowest BCUT2D eigenvalue weighted by Gasteiger charge is -2.50. The molecule has 0 saturated carbocycles. The van der Waals surface area contributed by atoms with Gasteiger partial charge in [0, 0.05) is 51.7 Å². The smallest absolute Gasteiger partial charge is 0.270 e. The first kappa shape index (κ1) is 60.1. The molecule has 0 aromatic carbocycles. The summed E-state index contributed by atoms with van der Waals surface area (Å²) in [5.41, 5.74) is 8.50. The minimum absolute atomic E-state index is 0.0533. The third-order valence-corrected chi connectivity index (χ3v) is 12.8. The highest BCUT2D eigenvalue weighted by Crippen LogP contribution is 2.35. The number of hydrazine groups is 2. The molecule has 0 aliphatic carbocycles. The van der Waals surface area contributed by atoms with Gasteiger partial charge in [0.1, 0.15) is 85.1 Å². The predicted molar refractivity (Wildman–Crippen MR) is 239 cm³/mol. The Labute approximate surface area is 416 Å².